The summed E-state index contributed by atoms with van der Waals surface area (Å²) in [5, 5.41) is 1.18. The Morgan fingerprint density at radius 3 is 2.38 bits per heavy atom. The van der Waals surface area contributed by atoms with Gasteiger partial charge in [-0.05, 0) is 55.2 Å². The van der Waals surface area contributed by atoms with Crippen LogP contribution in [-0.4, -0.2) is 18.1 Å². The predicted molar refractivity (Wildman–Crippen MR) is 103 cm³/mol. The van der Waals surface area contributed by atoms with Crippen molar-refractivity contribution >= 4 is 28.7 Å². The van der Waals surface area contributed by atoms with Gasteiger partial charge in [-0.2, -0.15) is 0 Å². The quantitative estimate of drug-likeness (QED) is 0.644. The van der Waals surface area contributed by atoms with E-state index in [1.54, 1.807) is 0 Å². The topological polar surface area (TPSA) is 16.1 Å². The van der Waals surface area contributed by atoms with Crippen molar-refractivity contribution in [1.29, 1.82) is 0 Å². The number of pyridine rings is 1. The van der Waals surface area contributed by atoms with Gasteiger partial charge in [-0.3, -0.25) is 0 Å². The summed E-state index contributed by atoms with van der Waals surface area (Å²) in [5.74, 6) is 0. The van der Waals surface area contributed by atoms with Gasteiger partial charge in [0.05, 0.1) is 11.2 Å². The third-order valence-electron chi connectivity index (χ3n) is 4.68. The van der Waals surface area contributed by atoms with Gasteiger partial charge in [0, 0.05) is 24.2 Å². The van der Waals surface area contributed by atoms with Gasteiger partial charge in [0.25, 0.3) is 0 Å². The smallest absolute Gasteiger partial charge is 0.0709 e. The first-order valence-corrected chi connectivity index (χ1v) is 8.77. The van der Waals surface area contributed by atoms with Gasteiger partial charge in [-0.15, -0.1) is 0 Å². The number of fused-ring (bicyclic) bond motifs is 1. The second-order valence-electron chi connectivity index (χ2n) is 6.40. The number of rotatable bonds is 3. The molecular weight excluding hydrogens is 292 g/mol. The molecule has 0 aliphatic carbocycles. The number of hydrogen-bond donors (Lipinski definition) is 0. The lowest BCUT2D eigenvalue weighted by Crippen LogP contribution is -2.29. The molecule has 0 atom stereocenters. The van der Waals surface area contributed by atoms with Gasteiger partial charge in [-0.25, -0.2) is 4.98 Å². The molecule has 2 aromatic carbocycles. The Labute approximate surface area is 143 Å². The van der Waals surface area contributed by atoms with E-state index in [0.717, 1.165) is 11.2 Å². The van der Waals surface area contributed by atoms with Crippen LogP contribution in [0.3, 0.4) is 0 Å². The van der Waals surface area contributed by atoms with Crippen LogP contribution in [0.25, 0.3) is 23.1 Å². The van der Waals surface area contributed by atoms with Crippen LogP contribution in [0.5, 0.6) is 0 Å². The van der Waals surface area contributed by atoms with E-state index in [-0.39, 0.29) is 0 Å². The third kappa shape index (κ3) is 3.33. The van der Waals surface area contributed by atoms with E-state index in [2.05, 4.69) is 70.6 Å². The highest BCUT2D eigenvalue weighted by molar-refractivity contribution is 5.80. The van der Waals surface area contributed by atoms with E-state index in [9.17, 15) is 0 Å². The average molecular weight is 314 g/mol. The Morgan fingerprint density at radius 2 is 1.54 bits per heavy atom. The molecule has 0 radical (unpaired) electrons. The first-order chi connectivity index (χ1) is 11.9. The van der Waals surface area contributed by atoms with Crippen molar-refractivity contribution in [2.24, 2.45) is 0 Å². The molecule has 0 bridgehead atoms. The molecule has 1 fully saturated rings. The van der Waals surface area contributed by atoms with Gasteiger partial charge in [0.1, 0.15) is 0 Å². The van der Waals surface area contributed by atoms with Crippen LogP contribution in [0.2, 0.25) is 0 Å². The lowest BCUT2D eigenvalue weighted by molar-refractivity contribution is 0.578. The maximum Gasteiger partial charge on any atom is 0.0709 e. The van der Waals surface area contributed by atoms with Crippen LogP contribution in [0.15, 0.2) is 60.7 Å². The molecule has 0 N–H and O–H groups in total. The molecule has 2 heteroatoms. The minimum absolute atomic E-state index is 0.994. The van der Waals surface area contributed by atoms with Crippen LogP contribution >= 0.6 is 0 Å². The lowest BCUT2D eigenvalue weighted by atomic mass is 10.1. The molecule has 2 heterocycles. The number of nitrogens with zero attached hydrogens (tertiary/aromatic N) is 2. The fourth-order valence-corrected chi connectivity index (χ4v) is 3.30. The number of piperidine rings is 1. The minimum atomic E-state index is 0.994. The molecule has 4 rings (SSSR count). The van der Waals surface area contributed by atoms with Crippen molar-refractivity contribution < 1.29 is 0 Å². The zero-order valence-corrected chi connectivity index (χ0v) is 13.9. The number of aromatic nitrogens is 1. The van der Waals surface area contributed by atoms with Crippen LogP contribution in [0, 0.1) is 0 Å². The van der Waals surface area contributed by atoms with Gasteiger partial charge in [0.15, 0.2) is 0 Å². The van der Waals surface area contributed by atoms with Crippen LogP contribution in [0.1, 0.15) is 30.5 Å². The molecule has 1 aromatic heterocycles. The lowest BCUT2D eigenvalue weighted by Gasteiger charge is -2.28. The minimum Gasteiger partial charge on any atom is -0.372 e. The second-order valence-corrected chi connectivity index (χ2v) is 6.40. The summed E-state index contributed by atoms with van der Waals surface area (Å²) < 4.78 is 0. The molecule has 1 aliphatic rings. The maximum atomic E-state index is 4.69. The van der Waals surface area contributed by atoms with Crippen molar-refractivity contribution in [2.75, 3.05) is 18.0 Å². The zero-order chi connectivity index (χ0) is 16.2. The number of anilines is 1. The normalized spacial score (nSPS) is 15.2. The molecule has 0 unspecified atom stereocenters. The number of para-hydroxylation sites is 1. The SMILES string of the molecule is C(=Cc1ccc2ccccc2n1)c1ccc(N2CCCCC2)cc1. The van der Waals surface area contributed by atoms with Crippen LogP contribution in [-0.2, 0) is 0 Å². The van der Waals surface area contributed by atoms with E-state index in [0.29, 0.717) is 0 Å². The molecule has 0 spiro atoms. The zero-order valence-electron chi connectivity index (χ0n) is 13.9. The van der Waals surface area contributed by atoms with Crippen molar-refractivity contribution in [3.63, 3.8) is 0 Å². The molecular formula is C22H22N2. The van der Waals surface area contributed by atoms with Gasteiger partial charge in [-0.1, -0.05) is 42.5 Å². The monoisotopic (exact) mass is 314 g/mol. The largest absolute Gasteiger partial charge is 0.372 e. The summed E-state index contributed by atoms with van der Waals surface area (Å²) in [6.45, 7) is 2.38. The summed E-state index contributed by atoms with van der Waals surface area (Å²) in [6, 6.07) is 21.3. The summed E-state index contributed by atoms with van der Waals surface area (Å²) in [4.78, 5) is 7.17. The molecule has 24 heavy (non-hydrogen) atoms. The summed E-state index contributed by atoms with van der Waals surface area (Å²) in [7, 11) is 0. The highest BCUT2D eigenvalue weighted by atomic mass is 15.1. The number of hydrogen-bond acceptors (Lipinski definition) is 2. The molecule has 1 saturated heterocycles. The molecule has 2 nitrogen and oxygen atoms in total. The molecule has 0 saturated carbocycles. The second kappa shape index (κ2) is 6.88. The van der Waals surface area contributed by atoms with Crippen LogP contribution < -0.4 is 4.90 Å². The fourth-order valence-electron chi connectivity index (χ4n) is 3.30. The molecule has 120 valence electrons. The Morgan fingerprint density at radius 1 is 0.750 bits per heavy atom. The fraction of sp³-hybridized carbons (Fsp3) is 0.227. The van der Waals surface area contributed by atoms with Crippen molar-refractivity contribution in [3.8, 4) is 0 Å². The van der Waals surface area contributed by atoms with Crippen LogP contribution in [0.4, 0.5) is 5.69 Å². The average Bonchev–Trinajstić information content (AvgIpc) is 2.67. The van der Waals surface area contributed by atoms with E-state index < -0.39 is 0 Å². The third-order valence-corrected chi connectivity index (χ3v) is 4.68. The summed E-state index contributed by atoms with van der Waals surface area (Å²) >= 11 is 0. The van der Waals surface area contributed by atoms with Gasteiger partial charge >= 0.3 is 0 Å². The first-order valence-electron chi connectivity index (χ1n) is 8.77. The standard InChI is InChI=1S/C22H22N2/c1-4-16-24(17-5-1)21-14-9-18(10-15-21)8-12-20-13-11-19-6-2-3-7-22(19)23-20/h2-3,6-15H,1,4-5,16-17H2. The Balaban J connectivity index is 1.50. The first kappa shape index (κ1) is 14.9. The maximum absolute atomic E-state index is 4.69. The predicted octanol–water partition coefficient (Wildman–Crippen LogP) is 5.40. The Kier molecular flexibility index (Phi) is 4.28. The van der Waals surface area contributed by atoms with E-state index in [4.69, 9.17) is 0 Å². The van der Waals surface area contributed by atoms with Crippen molar-refractivity contribution in [2.45, 2.75) is 19.3 Å². The highest BCUT2D eigenvalue weighted by Gasteiger charge is 2.10. The van der Waals surface area contributed by atoms with Gasteiger partial charge in [0.2, 0.25) is 0 Å². The van der Waals surface area contributed by atoms with Crippen molar-refractivity contribution in [1.82, 2.24) is 4.98 Å². The Bertz CT molecular complexity index is 843. The van der Waals surface area contributed by atoms with E-state index in [1.165, 1.54) is 49.0 Å². The van der Waals surface area contributed by atoms with E-state index >= 15 is 0 Å². The van der Waals surface area contributed by atoms with E-state index in [1.807, 2.05) is 12.1 Å². The van der Waals surface area contributed by atoms with Gasteiger partial charge < -0.3 is 4.90 Å². The highest BCUT2D eigenvalue weighted by Crippen LogP contribution is 2.21. The van der Waals surface area contributed by atoms with Crippen molar-refractivity contribution in [3.05, 3.63) is 71.9 Å². The molecule has 0 amide bonds. The number of benzene rings is 2. The summed E-state index contributed by atoms with van der Waals surface area (Å²) in [5.41, 5.74) is 4.59. The summed E-state index contributed by atoms with van der Waals surface area (Å²) in [6.07, 6.45) is 8.22. The molecule has 3 aromatic rings. The molecule has 1 aliphatic heterocycles. The Hall–Kier alpha value is -2.61.